The zero-order valence-electron chi connectivity index (χ0n) is 19.1. The van der Waals surface area contributed by atoms with Gasteiger partial charge in [-0.15, -0.1) is 0 Å². The lowest BCUT2D eigenvalue weighted by atomic mass is 9.99. The van der Waals surface area contributed by atoms with Gasteiger partial charge in [0.2, 0.25) is 0 Å². The van der Waals surface area contributed by atoms with Gasteiger partial charge in [-0.2, -0.15) is 0 Å². The second-order valence-electron chi connectivity index (χ2n) is 10.7. The highest BCUT2D eigenvalue weighted by atomic mass is 28.4. The van der Waals surface area contributed by atoms with E-state index in [4.69, 9.17) is 18.3 Å². The van der Waals surface area contributed by atoms with Crippen LogP contribution in [0.2, 0.25) is 36.3 Å². The third-order valence-electron chi connectivity index (χ3n) is 6.53. The van der Waals surface area contributed by atoms with E-state index in [2.05, 4.69) is 67.7 Å². The Bertz CT molecular complexity index is 480. The average Bonchev–Trinajstić information content (AvgIpc) is 2.48. The van der Waals surface area contributed by atoms with Gasteiger partial charge in [0.25, 0.3) is 0 Å². The average molecular weight is 423 g/mol. The normalized spacial score (nSPS) is 31.2. The van der Waals surface area contributed by atoms with Gasteiger partial charge < -0.3 is 28.5 Å². The summed E-state index contributed by atoms with van der Waals surface area (Å²) < 4.78 is 23.9. The van der Waals surface area contributed by atoms with Crippen LogP contribution in [0.25, 0.3) is 0 Å². The smallest absolute Gasteiger partial charge is 0.192 e. The third-order valence-corrected chi connectivity index (χ3v) is 15.5. The quantitative estimate of drug-likeness (QED) is 0.638. The zero-order chi connectivity index (χ0) is 21.4. The van der Waals surface area contributed by atoms with E-state index in [9.17, 15) is 10.2 Å². The number of hydrogen-bond acceptors (Lipinski definition) is 6. The fourth-order valence-corrected chi connectivity index (χ4v) is 4.68. The number of aliphatic hydroxyl groups excluding tert-OH is 2. The Labute approximate surface area is 167 Å². The molecule has 0 aromatic heterocycles. The molecule has 0 aliphatic carbocycles. The summed E-state index contributed by atoms with van der Waals surface area (Å²) in [4.78, 5) is 0. The number of methoxy groups -OCH3 is 1. The summed E-state index contributed by atoms with van der Waals surface area (Å²) in [6, 6.07) is 0. The van der Waals surface area contributed by atoms with Crippen molar-refractivity contribution < 1.29 is 28.5 Å². The van der Waals surface area contributed by atoms with Crippen molar-refractivity contribution in [2.45, 2.75) is 109 Å². The first-order chi connectivity index (χ1) is 11.9. The van der Waals surface area contributed by atoms with Crippen molar-refractivity contribution in [1.29, 1.82) is 0 Å². The fourth-order valence-electron chi connectivity index (χ4n) is 2.38. The van der Waals surface area contributed by atoms with Gasteiger partial charge in [-0.05, 0) is 36.3 Å². The van der Waals surface area contributed by atoms with Crippen molar-refractivity contribution in [3.8, 4) is 0 Å². The zero-order valence-corrected chi connectivity index (χ0v) is 21.1. The lowest BCUT2D eigenvalue weighted by Gasteiger charge is -2.47. The fraction of sp³-hybridized carbons (Fsp3) is 1.00. The van der Waals surface area contributed by atoms with Gasteiger partial charge in [0, 0.05) is 7.11 Å². The van der Waals surface area contributed by atoms with Gasteiger partial charge in [-0.25, -0.2) is 0 Å². The van der Waals surface area contributed by atoms with Crippen LogP contribution >= 0.6 is 0 Å². The Morgan fingerprint density at radius 3 is 1.74 bits per heavy atom. The van der Waals surface area contributed by atoms with Gasteiger partial charge in [0.15, 0.2) is 22.9 Å². The van der Waals surface area contributed by atoms with Crippen LogP contribution in [0.3, 0.4) is 0 Å². The molecule has 0 spiro atoms. The number of hydrogen-bond donors (Lipinski definition) is 2. The first-order valence-electron chi connectivity index (χ1n) is 9.81. The SMILES string of the molecule is CO[C@H]1O[C@H](CO[Si](C)(C)C(C)(C)C)[C@H](O)[C@H](O)[C@H]1O[Si](C)(C)C(C)(C)C. The second-order valence-corrected chi connectivity index (χ2v) is 20.2. The molecule has 1 fully saturated rings. The van der Waals surface area contributed by atoms with E-state index in [1.165, 1.54) is 7.11 Å². The molecule has 0 bridgehead atoms. The van der Waals surface area contributed by atoms with Gasteiger partial charge in [-0.3, -0.25) is 0 Å². The summed E-state index contributed by atoms with van der Waals surface area (Å²) in [6.07, 6.45) is -4.30. The summed E-state index contributed by atoms with van der Waals surface area (Å²) in [5.74, 6) is 0. The molecule has 1 aliphatic rings. The van der Waals surface area contributed by atoms with Gasteiger partial charge >= 0.3 is 0 Å². The second kappa shape index (κ2) is 8.51. The molecule has 2 N–H and O–H groups in total. The molecule has 1 saturated heterocycles. The lowest BCUT2D eigenvalue weighted by Crippen LogP contribution is -2.63. The van der Waals surface area contributed by atoms with Crippen LogP contribution in [0.5, 0.6) is 0 Å². The number of ether oxygens (including phenoxy) is 2. The summed E-state index contributed by atoms with van der Waals surface area (Å²) in [5.41, 5.74) is 0. The Morgan fingerprint density at radius 1 is 0.852 bits per heavy atom. The first kappa shape index (κ1) is 25.2. The Balaban J connectivity index is 2.90. The third kappa shape index (κ3) is 5.85. The van der Waals surface area contributed by atoms with Crippen molar-refractivity contribution in [2.24, 2.45) is 0 Å². The van der Waals surface area contributed by atoms with Crippen molar-refractivity contribution >= 4 is 16.6 Å². The minimum Gasteiger partial charge on any atom is -0.414 e. The molecular weight excluding hydrogens is 380 g/mol. The molecule has 1 aliphatic heterocycles. The molecule has 0 saturated carbocycles. The molecule has 5 atom stereocenters. The van der Waals surface area contributed by atoms with Crippen LogP contribution in [0, 0.1) is 0 Å². The topological polar surface area (TPSA) is 77.4 Å². The molecule has 1 rings (SSSR count). The van der Waals surface area contributed by atoms with E-state index >= 15 is 0 Å². The van der Waals surface area contributed by atoms with Crippen molar-refractivity contribution in [2.75, 3.05) is 13.7 Å². The van der Waals surface area contributed by atoms with Gasteiger partial charge in [-0.1, -0.05) is 41.5 Å². The van der Waals surface area contributed by atoms with Crippen LogP contribution < -0.4 is 0 Å². The van der Waals surface area contributed by atoms with Crippen molar-refractivity contribution in [3.05, 3.63) is 0 Å². The maximum absolute atomic E-state index is 10.8. The summed E-state index contributed by atoms with van der Waals surface area (Å²) in [6.45, 7) is 21.6. The van der Waals surface area contributed by atoms with E-state index in [0.29, 0.717) is 0 Å². The minimum atomic E-state index is -2.17. The largest absolute Gasteiger partial charge is 0.414 e. The van der Waals surface area contributed by atoms with E-state index in [1.807, 2.05) is 0 Å². The van der Waals surface area contributed by atoms with Crippen LogP contribution in [-0.2, 0) is 18.3 Å². The Morgan fingerprint density at radius 2 is 1.33 bits per heavy atom. The summed E-state index contributed by atoms with van der Waals surface area (Å²) in [7, 11) is -2.63. The monoisotopic (exact) mass is 422 g/mol. The van der Waals surface area contributed by atoms with E-state index in [-0.39, 0.29) is 16.7 Å². The highest BCUT2D eigenvalue weighted by molar-refractivity contribution is 6.74. The van der Waals surface area contributed by atoms with Gasteiger partial charge in [0.1, 0.15) is 24.4 Å². The molecule has 27 heavy (non-hydrogen) atoms. The molecule has 162 valence electrons. The molecule has 0 radical (unpaired) electrons. The van der Waals surface area contributed by atoms with Crippen LogP contribution in [0.4, 0.5) is 0 Å². The van der Waals surface area contributed by atoms with Crippen LogP contribution in [-0.4, -0.2) is 71.3 Å². The predicted octanol–water partition coefficient (Wildman–Crippen LogP) is 3.49. The summed E-state index contributed by atoms with van der Waals surface area (Å²) >= 11 is 0. The molecule has 0 unspecified atom stereocenters. The first-order valence-corrected chi connectivity index (χ1v) is 15.6. The lowest BCUT2D eigenvalue weighted by molar-refractivity contribution is -0.290. The maximum atomic E-state index is 10.8. The molecule has 0 aromatic carbocycles. The highest BCUT2D eigenvalue weighted by Gasteiger charge is 2.50. The molecule has 8 heteroatoms. The van der Waals surface area contributed by atoms with Crippen LogP contribution in [0.1, 0.15) is 41.5 Å². The highest BCUT2D eigenvalue weighted by Crippen LogP contribution is 2.40. The summed E-state index contributed by atoms with van der Waals surface area (Å²) in [5, 5.41) is 21.5. The Hall–Kier alpha value is 0.194. The van der Waals surface area contributed by atoms with E-state index in [0.717, 1.165) is 0 Å². The molecular formula is C19H42O6Si2. The molecule has 1 heterocycles. The molecule has 0 amide bonds. The molecule has 0 aromatic rings. The minimum absolute atomic E-state index is 0.0295. The number of rotatable bonds is 6. The maximum Gasteiger partial charge on any atom is 0.192 e. The standard InChI is InChI=1S/C19H42O6Si2/c1-18(2,3)26(8,9)23-12-13-14(20)15(21)16(17(22-7)24-13)25-27(10,11)19(4,5)6/h13-17,20-21H,12H2,1-11H3/t13-,14+,15+,16-,17+/m1/s1. The van der Waals surface area contributed by atoms with E-state index in [1.54, 1.807) is 0 Å². The predicted molar refractivity (Wildman–Crippen MR) is 113 cm³/mol. The van der Waals surface area contributed by atoms with Gasteiger partial charge in [0.05, 0.1) is 6.61 Å². The van der Waals surface area contributed by atoms with Crippen molar-refractivity contribution in [1.82, 2.24) is 0 Å². The number of aliphatic hydroxyl groups is 2. The Kier molecular flexibility index (Phi) is 7.95. The van der Waals surface area contributed by atoms with E-state index < -0.39 is 47.3 Å². The molecule has 6 nitrogen and oxygen atoms in total. The van der Waals surface area contributed by atoms with Crippen molar-refractivity contribution in [3.63, 3.8) is 0 Å². The van der Waals surface area contributed by atoms with Crippen LogP contribution in [0.15, 0.2) is 0 Å².